The van der Waals surface area contributed by atoms with Crippen molar-refractivity contribution in [2.75, 3.05) is 40.4 Å². The third kappa shape index (κ3) is 5.22. The molecule has 41 heavy (non-hydrogen) atoms. The number of aromatic nitrogens is 2. The summed E-state index contributed by atoms with van der Waals surface area (Å²) in [5, 5.41) is 0. The van der Waals surface area contributed by atoms with Crippen LogP contribution in [0.3, 0.4) is 0 Å². The van der Waals surface area contributed by atoms with Crippen LogP contribution in [0.4, 0.5) is 13.2 Å². The minimum atomic E-state index is -4.43. The number of imidazole rings is 1. The summed E-state index contributed by atoms with van der Waals surface area (Å²) in [7, 11) is 3.28. The van der Waals surface area contributed by atoms with Crippen LogP contribution in [-0.2, 0) is 12.7 Å². The molecule has 1 aliphatic rings. The van der Waals surface area contributed by atoms with Gasteiger partial charge in [-0.2, -0.15) is 13.2 Å². The quantitative estimate of drug-likeness (QED) is 0.239. The van der Waals surface area contributed by atoms with Crippen LogP contribution in [0.25, 0.3) is 26.4 Å². The van der Waals surface area contributed by atoms with Crippen molar-refractivity contribution in [1.29, 1.82) is 0 Å². The van der Waals surface area contributed by atoms with Crippen LogP contribution in [-0.4, -0.2) is 65.5 Å². The second-order valence-electron chi connectivity index (χ2n) is 9.83. The molecule has 0 saturated carbocycles. The van der Waals surface area contributed by atoms with E-state index in [1.54, 1.807) is 30.5 Å². The molecule has 1 fully saturated rings. The Bertz CT molecular complexity index is 1700. The molecular weight excluding hydrogens is 553 g/mol. The van der Waals surface area contributed by atoms with E-state index in [0.717, 1.165) is 55.8 Å². The van der Waals surface area contributed by atoms with E-state index < -0.39 is 11.7 Å². The molecule has 2 aromatic heterocycles. The van der Waals surface area contributed by atoms with Crippen LogP contribution in [0.15, 0.2) is 66.7 Å². The van der Waals surface area contributed by atoms with Crippen molar-refractivity contribution in [3.63, 3.8) is 0 Å². The van der Waals surface area contributed by atoms with Crippen molar-refractivity contribution in [1.82, 2.24) is 19.2 Å². The molecule has 0 radical (unpaired) electrons. The number of rotatable bonds is 6. The molecule has 3 aromatic carbocycles. The number of nitrogens with zero attached hydrogens (tertiary/aromatic N) is 4. The summed E-state index contributed by atoms with van der Waals surface area (Å²) < 4.78 is 52.8. The lowest BCUT2D eigenvalue weighted by Gasteiger charge is -2.34. The Morgan fingerprint density at radius 2 is 1.56 bits per heavy atom. The SMILES string of the molecule is COc1ccc(-c2nc3sc4cc(OC)ccc4n3c2CN2CCN(C(=O)c3ccc(C(F)(F)F)cc3)CC2)cc1. The van der Waals surface area contributed by atoms with Gasteiger partial charge in [0, 0.05) is 43.9 Å². The van der Waals surface area contributed by atoms with E-state index in [1.807, 2.05) is 42.5 Å². The van der Waals surface area contributed by atoms with Crippen LogP contribution in [0.5, 0.6) is 11.5 Å². The van der Waals surface area contributed by atoms with Gasteiger partial charge in [0.1, 0.15) is 11.5 Å². The fourth-order valence-electron chi connectivity index (χ4n) is 5.17. The topological polar surface area (TPSA) is 59.3 Å². The molecule has 0 atom stereocenters. The highest BCUT2D eigenvalue weighted by Crippen LogP contribution is 2.36. The Morgan fingerprint density at radius 3 is 2.20 bits per heavy atom. The molecule has 0 aliphatic carbocycles. The van der Waals surface area contributed by atoms with Gasteiger partial charge in [-0.05, 0) is 66.7 Å². The van der Waals surface area contributed by atoms with Crippen LogP contribution >= 0.6 is 11.3 Å². The molecular formula is C30H27F3N4O3S. The first kappa shape index (κ1) is 27.1. The monoisotopic (exact) mass is 580 g/mol. The molecule has 0 unspecified atom stereocenters. The smallest absolute Gasteiger partial charge is 0.416 e. The van der Waals surface area contributed by atoms with Gasteiger partial charge < -0.3 is 14.4 Å². The van der Waals surface area contributed by atoms with Gasteiger partial charge in [-0.15, -0.1) is 0 Å². The van der Waals surface area contributed by atoms with Gasteiger partial charge in [-0.3, -0.25) is 14.1 Å². The normalized spacial score (nSPS) is 14.6. The fourth-order valence-corrected chi connectivity index (χ4v) is 6.24. The highest BCUT2D eigenvalue weighted by molar-refractivity contribution is 7.23. The van der Waals surface area contributed by atoms with Gasteiger partial charge in [-0.1, -0.05) is 11.3 Å². The fraction of sp³-hybridized carbons (Fsp3) is 0.267. The number of alkyl halides is 3. The van der Waals surface area contributed by atoms with E-state index in [2.05, 4.69) is 9.30 Å². The molecule has 212 valence electrons. The highest BCUT2D eigenvalue weighted by atomic mass is 32.1. The lowest BCUT2D eigenvalue weighted by molar-refractivity contribution is -0.137. The van der Waals surface area contributed by atoms with Crippen molar-refractivity contribution in [3.8, 4) is 22.8 Å². The number of ether oxygens (including phenoxy) is 2. The number of carbonyl (C=O) groups is 1. The lowest BCUT2D eigenvalue weighted by atomic mass is 10.1. The number of thiazole rings is 1. The van der Waals surface area contributed by atoms with E-state index in [9.17, 15) is 18.0 Å². The Kier molecular flexibility index (Phi) is 7.08. The summed E-state index contributed by atoms with van der Waals surface area (Å²) in [5.74, 6) is 1.29. The Labute approximate surface area is 238 Å². The minimum Gasteiger partial charge on any atom is -0.497 e. The number of carbonyl (C=O) groups excluding carboxylic acids is 1. The van der Waals surface area contributed by atoms with Crippen molar-refractivity contribution >= 4 is 32.4 Å². The molecule has 0 N–H and O–H groups in total. The Morgan fingerprint density at radius 1 is 0.902 bits per heavy atom. The number of amides is 1. The molecule has 1 saturated heterocycles. The molecule has 0 spiro atoms. The third-order valence-electron chi connectivity index (χ3n) is 7.41. The van der Waals surface area contributed by atoms with E-state index in [1.165, 1.54) is 12.1 Å². The minimum absolute atomic E-state index is 0.255. The zero-order valence-corrected chi connectivity index (χ0v) is 23.3. The molecule has 0 bridgehead atoms. The molecule has 6 rings (SSSR count). The number of hydrogen-bond donors (Lipinski definition) is 0. The third-order valence-corrected chi connectivity index (χ3v) is 8.41. The van der Waals surface area contributed by atoms with Crippen LogP contribution < -0.4 is 9.47 Å². The second-order valence-corrected chi connectivity index (χ2v) is 10.8. The maximum atomic E-state index is 13.0. The zero-order valence-electron chi connectivity index (χ0n) is 22.4. The van der Waals surface area contributed by atoms with E-state index in [0.29, 0.717) is 32.7 Å². The largest absolute Gasteiger partial charge is 0.497 e. The average molecular weight is 581 g/mol. The predicted molar refractivity (Wildman–Crippen MR) is 152 cm³/mol. The number of halogens is 3. The van der Waals surface area contributed by atoms with Crippen LogP contribution in [0, 0.1) is 0 Å². The number of hydrogen-bond acceptors (Lipinski definition) is 6. The maximum Gasteiger partial charge on any atom is 0.416 e. The van der Waals surface area contributed by atoms with Crippen molar-refractivity contribution in [3.05, 3.63) is 83.6 Å². The lowest BCUT2D eigenvalue weighted by Crippen LogP contribution is -2.48. The van der Waals surface area contributed by atoms with Crippen LogP contribution in [0.2, 0.25) is 0 Å². The summed E-state index contributed by atoms with van der Waals surface area (Å²) in [5.41, 5.74) is 3.45. The first-order chi connectivity index (χ1) is 19.7. The summed E-state index contributed by atoms with van der Waals surface area (Å²) >= 11 is 1.60. The summed E-state index contributed by atoms with van der Waals surface area (Å²) in [4.78, 5) is 22.9. The number of benzene rings is 3. The van der Waals surface area contributed by atoms with E-state index in [4.69, 9.17) is 14.5 Å². The van der Waals surface area contributed by atoms with Crippen molar-refractivity contribution in [2.24, 2.45) is 0 Å². The van der Waals surface area contributed by atoms with Gasteiger partial charge >= 0.3 is 6.18 Å². The number of fused-ring (bicyclic) bond motifs is 3. The second kappa shape index (κ2) is 10.7. The molecule has 3 heterocycles. The molecule has 5 aromatic rings. The van der Waals surface area contributed by atoms with Crippen LogP contribution in [0.1, 0.15) is 21.6 Å². The summed E-state index contributed by atoms with van der Waals surface area (Å²) in [6.07, 6.45) is -4.43. The Hall–Kier alpha value is -4.09. The van der Waals surface area contributed by atoms with Gasteiger partial charge in [0.25, 0.3) is 5.91 Å². The predicted octanol–water partition coefficient (Wildman–Crippen LogP) is 6.21. The van der Waals surface area contributed by atoms with E-state index >= 15 is 0 Å². The maximum absolute atomic E-state index is 13.0. The highest BCUT2D eigenvalue weighted by Gasteiger charge is 2.31. The average Bonchev–Trinajstić information content (AvgIpc) is 3.52. The summed E-state index contributed by atoms with van der Waals surface area (Å²) in [6, 6.07) is 18.2. The van der Waals surface area contributed by atoms with E-state index in [-0.39, 0.29) is 11.5 Å². The van der Waals surface area contributed by atoms with Crippen molar-refractivity contribution in [2.45, 2.75) is 12.7 Å². The molecule has 1 aliphatic heterocycles. The standard InChI is InChI=1S/C30H27F3N4O3S/c1-39-22-9-5-19(6-10-22)27-25(37-24-12-11-23(40-2)17-26(24)41-29(37)34-27)18-35-13-15-36(16-14-35)28(38)20-3-7-21(8-4-20)30(31,32)33/h3-12,17H,13-16,18H2,1-2H3. The number of piperazine rings is 1. The zero-order chi connectivity index (χ0) is 28.7. The van der Waals surface area contributed by atoms with Gasteiger partial charge in [0.2, 0.25) is 0 Å². The number of methoxy groups -OCH3 is 2. The molecule has 1 amide bonds. The van der Waals surface area contributed by atoms with Gasteiger partial charge in [-0.25, -0.2) is 4.98 Å². The first-order valence-electron chi connectivity index (χ1n) is 13.1. The molecule has 11 heteroatoms. The van der Waals surface area contributed by atoms with Gasteiger partial charge in [0.05, 0.1) is 41.4 Å². The first-order valence-corrected chi connectivity index (χ1v) is 13.9. The Balaban J connectivity index is 1.26. The molecule has 7 nitrogen and oxygen atoms in total. The van der Waals surface area contributed by atoms with Crippen molar-refractivity contribution < 1.29 is 27.4 Å². The summed E-state index contributed by atoms with van der Waals surface area (Å²) in [6.45, 7) is 2.81. The van der Waals surface area contributed by atoms with Gasteiger partial charge in [0.15, 0.2) is 4.96 Å².